The van der Waals surface area contributed by atoms with Gasteiger partial charge in [-0.05, 0) is 30.7 Å². The number of hydrogen-bond donors (Lipinski definition) is 1. The third-order valence-corrected chi connectivity index (χ3v) is 5.15. The summed E-state index contributed by atoms with van der Waals surface area (Å²) in [6, 6.07) is 8.88. The van der Waals surface area contributed by atoms with Gasteiger partial charge < -0.3 is 5.11 Å². The van der Waals surface area contributed by atoms with Crippen LogP contribution in [-0.2, 0) is 9.84 Å². The third kappa shape index (κ3) is 1.45. The van der Waals surface area contributed by atoms with Gasteiger partial charge in [0, 0.05) is 11.1 Å². The summed E-state index contributed by atoms with van der Waals surface area (Å²) in [7, 11) is -3.86. The highest BCUT2D eigenvalue weighted by molar-refractivity contribution is 7.92. The molecule has 3 rings (SSSR count). The van der Waals surface area contributed by atoms with Gasteiger partial charge in [0.1, 0.15) is 10.6 Å². The first kappa shape index (κ1) is 11.9. The fraction of sp³-hybridized carbons (Fsp3) is 0.0714. The Kier molecular flexibility index (Phi) is 2.31. The van der Waals surface area contributed by atoms with E-state index in [0.717, 1.165) is 0 Å². The molecule has 1 aliphatic heterocycles. The van der Waals surface area contributed by atoms with Crippen molar-refractivity contribution in [2.75, 3.05) is 0 Å². The number of benzene rings is 2. The van der Waals surface area contributed by atoms with Crippen molar-refractivity contribution in [1.29, 1.82) is 0 Å². The molecule has 0 fully saturated rings. The molecule has 5 heteroatoms. The van der Waals surface area contributed by atoms with Crippen LogP contribution in [0, 0.1) is 6.92 Å². The summed E-state index contributed by atoms with van der Waals surface area (Å²) >= 11 is 0. The van der Waals surface area contributed by atoms with E-state index in [4.69, 9.17) is 0 Å². The topological polar surface area (TPSA) is 71.4 Å². The summed E-state index contributed by atoms with van der Waals surface area (Å²) in [5.41, 5.74) is 0.762. The quantitative estimate of drug-likeness (QED) is 0.681. The van der Waals surface area contributed by atoms with Gasteiger partial charge in [-0.1, -0.05) is 18.2 Å². The zero-order chi connectivity index (χ0) is 13.8. The van der Waals surface area contributed by atoms with Gasteiger partial charge >= 0.3 is 0 Å². The van der Waals surface area contributed by atoms with Crippen LogP contribution in [0.3, 0.4) is 0 Å². The van der Waals surface area contributed by atoms with Crippen LogP contribution in [0.25, 0.3) is 0 Å². The lowest BCUT2D eigenvalue weighted by Crippen LogP contribution is -2.21. The van der Waals surface area contributed by atoms with Crippen LogP contribution in [0.2, 0.25) is 0 Å². The predicted octanol–water partition coefficient (Wildman–Crippen LogP) is 2.08. The second-order valence-electron chi connectivity index (χ2n) is 4.43. The number of aromatic hydroxyl groups is 1. The molecule has 0 spiro atoms. The standard InChI is InChI=1S/C14H10O4S/c1-8-6-7-10(15)14-12(8)13(16)9-4-2-3-5-11(9)19(14,17)18/h2-7,15H,1H3. The summed E-state index contributed by atoms with van der Waals surface area (Å²) in [6.07, 6.45) is 0. The Morgan fingerprint density at radius 1 is 1.05 bits per heavy atom. The number of ketones is 1. The molecular formula is C14H10O4S. The highest BCUT2D eigenvalue weighted by Crippen LogP contribution is 2.40. The van der Waals surface area contributed by atoms with E-state index in [9.17, 15) is 18.3 Å². The van der Waals surface area contributed by atoms with Crippen molar-refractivity contribution in [2.45, 2.75) is 16.7 Å². The summed E-state index contributed by atoms with van der Waals surface area (Å²) in [5.74, 6) is -0.753. The average molecular weight is 274 g/mol. The van der Waals surface area contributed by atoms with Gasteiger partial charge in [-0.2, -0.15) is 0 Å². The molecule has 96 valence electrons. The fourth-order valence-electron chi connectivity index (χ4n) is 2.36. The molecule has 1 heterocycles. The lowest BCUT2D eigenvalue weighted by molar-refractivity contribution is 0.103. The number of carbonyl (C=O) groups excluding carboxylic acids is 1. The van der Waals surface area contributed by atoms with Crippen molar-refractivity contribution in [1.82, 2.24) is 0 Å². The summed E-state index contributed by atoms with van der Waals surface area (Å²) < 4.78 is 25.0. The first-order chi connectivity index (χ1) is 8.94. The fourth-order valence-corrected chi connectivity index (χ4v) is 4.15. The van der Waals surface area contributed by atoms with Gasteiger partial charge in [0.05, 0.1) is 4.90 Å². The Labute approximate surface area is 110 Å². The molecule has 2 aromatic carbocycles. The number of phenolic OH excluding ortho intramolecular Hbond substituents is 1. The Hall–Kier alpha value is -2.14. The van der Waals surface area contributed by atoms with Crippen LogP contribution in [0.1, 0.15) is 21.5 Å². The molecule has 0 unspecified atom stereocenters. The minimum Gasteiger partial charge on any atom is -0.507 e. The maximum atomic E-state index is 12.5. The number of sulfone groups is 1. The van der Waals surface area contributed by atoms with Gasteiger partial charge in [-0.3, -0.25) is 4.79 Å². The summed E-state index contributed by atoms with van der Waals surface area (Å²) in [6.45, 7) is 1.65. The van der Waals surface area contributed by atoms with E-state index in [2.05, 4.69) is 0 Å². The van der Waals surface area contributed by atoms with E-state index in [1.54, 1.807) is 19.1 Å². The van der Waals surface area contributed by atoms with Crippen LogP contribution in [-0.4, -0.2) is 19.3 Å². The van der Waals surface area contributed by atoms with Gasteiger partial charge in [-0.25, -0.2) is 8.42 Å². The molecule has 2 aromatic rings. The maximum absolute atomic E-state index is 12.5. The molecule has 1 N–H and O–H groups in total. The Balaban J connectivity index is 2.53. The normalized spacial score (nSPS) is 15.7. The van der Waals surface area contributed by atoms with Crippen LogP contribution in [0.15, 0.2) is 46.2 Å². The van der Waals surface area contributed by atoms with Gasteiger partial charge in [0.25, 0.3) is 0 Å². The minimum atomic E-state index is -3.86. The van der Waals surface area contributed by atoms with E-state index >= 15 is 0 Å². The van der Waals surface area contributed by atoms with Crippen molar-refractivity contribution in [2.24, 2.45) is 0 Å². The molecule has 0 radical (unpaired) electrons. The number of phenols is 1. The molecule has 0 bridgehead atoms. The zero-order valence-corrected chi connectivity index (χ0v) is 10.9. The van der Waals surface area contributed by atoms with E-state index < -0.39 is 9.84 Å². The lowest BCUT2D eigenvalue weighted by Gasteiger charge is -2.20. The number of carbonyl (C=O) groups is 1. The first-order valence-electron chi connectivity index (χ1n) is 5.66. The predicted molar refractivity (Wildman–Crippen MR) is 68.2 cm³/mol. The third-order valence-electron chi connectivity index (χ3n) is 3.26. The molecule has 4 nitrogen and oxygen atoms in total. The first-order valence-corrected chi connectivity index (χ1v) is 7.14. The van der Waals surface area contributed by atoms with Crippen LogP contribution in [0.4, 0.5) is 0 Å². The molecule has 0 amide bonds. The summed E-state index contributed by atoms with van der Waals surface area (Å²) in [4.78, 5) is 12.1. The maximum Gasteiger partial charge on any atom is 0.211 e. The Morgan fingerprint density at radius 3 is 2.47 bits per heavy atom. The highest BCUT2D eigenvalue weighted by atomic mass is 32.2. The number of aryl methyl sites for hydroxylation is 1. The van der Waals surface area contributed by atoms with Crippen LogP contribution < -0.4 is 0 Å². The molecule has 1 aliphatic rings. The van der Waals surface area contributed by atoms with Crippen molar-refractivity contribution >= 4 is 15.6 Å². The molecule has 19 heavy (non-hydrogen) atoms. The number of fused-ring (bicyclic) bond motifs is 2. The smallest absolute Gasteiger partial charge is 0.211 e. The van der Waals surface area contributed by atoms with E-state index in [1.165, 1.54) is 24.3 Å². The molecule has 0 aromatic heterocycles. The van der Waals surface area contributed by atoms with E-state index in [1.807, 2.05) is 0 Å². The molecule has 0 saturated carbocycles. The SMILES string of the molecule is Cc1ccc(O)c2c1C(=O)c1ccccc1S2(=O)=O. The molecular weight excluding hydrogens is 264 g/mol. The zero-order valence-electron chi connectivity index (χ0n) is 10.0. The van der Waals surface area contributed by atoms with Gasteiger partial charge in [-0.15, -0.1) is 0 Å². The van der Waals surface area contributed by atoms with Crippen LogP contribution >= 0.6 is 0 Å². The van der Waals surface area contributed by atoms with Crippen LogP contribution in [0.5, 0.6) is 5.75 Å². The van der Waals surface area contributed by atoms with Gasteiger partial charge in [0.15, 0.2) is 5.78 Å². The lowest BCUT2D eigenvalue weighted by atomic mass is 9.98. The van der Waals surface area contributed by atoms with Crippen molar-refractivity contribution in [3.05, 3.63) is 53.1 Å². The Bertz CT molecular complexity index is 819. The van der Waals surface area contributed by atoms with E-state index in [-0.39, 0.29) is 32.5 Å². The monoisotopic (exact) mass is 274 g/mol. The van der Waals surface area contributed by atoms with Crippen molar-refractivity contribution in [3.63, 3.8) is 0 Å². The molecule has 0 aliphatic carbocycles. The summed E-state index contributed by atoms with van der Waals surface area (Å²) in [5, 5.41) is 9.83. The average Bonchev–Trinajstić information content (AvgIpc) is 2.39. The van der Waals surface area contributed by atoms with E-state index in [0.29, 0.717) is 5.56 Å². The second-order valence-corrected chi connectivity index (χ2v) is 6.29. The number of hydrogen-bond acceptors (Lipinski definition) is 4. The highest BCUT2D eigenvalue weighted by Gasteiger charge is 2.37. The van der Waals surface area contributed by atoms with Crippen molar-refractivity contribution in [3.8, 4) is 5.75 Å². The second kappa shape index (κ2) is 3.68. The molecule has 0 saturated heterocycles. The Morgan fingerprint density at radius 2 is 1.74 bits per heavy atom. The minimum absolute atomic E-state index is 0.0478. The largest absolute Gasteiger partial charge is 0.507 e. The molecule has 0 atom stereocenters. The van der Waals surface area contributed by atoms with Crippen molar-refractivity contribution < 1.29 is 18.3 Å². The number of rotatable bonds is 0. The van der Waals surface area contributed by atoms with Gasteiger partial charge in [0.2, 0.25) is 9.84 Å².